The van der Waals surface area contributed by atoms with E-state index in [0.717, 1.165) is 29.8 Å². The van der Waals surface area contributed by atoms with E-state index in [1.165, 1.54) is 10.8 Å². The first-order valence-electron chi connectivity index (χ1n) is 11.0. The fourth-order valence-electron chi connectivity index (χ4n) is 4.12. The first-order valence-corrected chi connectivity index (χ1v) is 12.4. The molecule has 0 bridgehead atoms. The van der Waals surface area contributed by atoms with Crippen LogP contribution in [0.3, 0.4) is 0 Å². The van der Waals surface area contributed by atoms with E-state index >= 15 is 0 Å². The van der Waals surface area contributed by atoms with Crippen LogP contribution in [-0.4, -0.2) is 38.1 Å². The third-order valence-electron chi connectivity index (χ3n) is 6.03. The van der Waals surface area contributed by atoms with Gasteiger partial charge in [0.05, 0.1) is 17.2 Å². The van der Waals surface area contributed by atoms with Gasteiger partial charge in [-0.25, -0.2) is 9.97 Å². The fourth-order valence-corrected chi connectivity index (χ4v) is 5.10. The van der Waals surface area contributed by atoms with Crippen LogP contribution >= 0.6 is 0 Å². The highest BCUT2D eigenvalue weighted by molar-refractivity contribution is 7.86. The van der Waals surface area contributed by atoms with Crippen molar-refractivity contribution in [2.45, 2.75) is 18.2 Å². The highest BCUT2D eigenvalue weighted by Crippen LogP contribution is 2.27. The van der Waals surface area contributed by atoms with Gasteiger partial charge in [0.2, 0.25) is 5.95 Å². The zero-order valence-corrected chi connectivity index (χ0v) is 19.2. The van der Waals surface area contributed by atoms with Gasteiger partial charge in [-0.2, -0.15) is 8.42 Å². The van der Waals surface area contributed by atoms with E-state index in [4.69, 9.17) is 9.17 Å². The van der Waals surface area contributed by atoms with Crippen molar-refractivity contribution >= 4 is 26.8 Å². The summed E-state index contributed by atoms with van der Waals surface area (Å²) in [5, 5.41) is 2.36. The number of fused-ring (bicyclic) bond motifs is 1. The quantitative estimate of drug-likeness (QED) is 0.384. The van der Waals surface area contributed by atoms with Gasteiger partial charge >= 0.3 is 0 Å². The van der Waals surface area contributed by atoms with Gasteiger partial charge in [0, 0.05) is 30.8 Å². The van der Waals surface area contributed by atoms with Crippen molar-refractivity contribution in [3.8, 4) is 11.3 Å². The van der Waals surface area contributed by atoms with Gasteiger partial charge in [-0.1, -0.05) is 54.1 Å². The lowest BCUT2D eigenvalue weighted by molar-refractivity contribution is 0.265. The third kappa shape index (κ3) is 4.74. The van der Waals surface area contributed by atoms with Gasteiger partial charge in [0.25, 0.3) is 10.1 Å². The predicted octanol–water partition coefficient (Wildman–Crippen LogP) is 4.84. The summed E-state index contributed by atoms with van der Waals surface area (Å²) in [4.78, 5) is 11.5. The molecule has 1 aliphatic rings. The highest BCUT2D eigenvalue weighted by Gasteiger charge is 2.27. The SMILES string of the molecule is Cc1ccc(S(=O)(=O)OC[C@H]2CCN(c3nccc(-c4ccc5ccccc5c4)n3)C2)cc1. The van der Waals surface area contributed by atoms with Crippen molar-refractivity contribution in [1.29, 1.82) is 0 Å². The van der Waals surface area contributed by atoms with Gasteiger partial charge in [-0.05, 0) is 48.4 Å². The Morgan fingerprint density at radius 2 is 1.79 bits per heavy atom. The average Bonchev–Trinajstić information content (AvgIpc) is 3.32. The second-order valence-electron chi connectivity index (χ2n) is 8.46. The van der Waals surface area contributed by atoms with Crippen molar-refractivity contribution in [3.05, 3.63) is 84.6 Å². The molecule has 0 aliphatic carbocycles. The van der Waals surface area contributed by atoms with E-state index in [1.54, 1.807) is 30.5 Å². The smallest absolute Gasteiger partial charge is 0.296 e. The van der Waals surface area contributed by atoms with Crippen LogP contribution in [0.5, 0.6) is 0 Å². The predicted molar refractivity (Wildman–Crippen MR) is 130 cm³/mol. The molecule has 1 aliphatic heterocycles. The summed E-state index contributed by atoms with van der Waals surface area (Å²) in [6, 6.07) is 23.2. The molecule has 7 heteroatoms. The molecule has 3 aromatic carbocycles. The Hall–Kier alpha value is -3.29. The van der Waals surface area contributed by atoms with Crippen LogP contribution < -0.4 is 4.90 Å². The molecule has 0 amide bonds. The number of nitrogens with zero attached hydrogens (tertiary/aromatic N) is 3. The summed E-state index contributed by atoms with van der Waals surface area (Å²) in [6.07, 6.45) is 2.60. The molecule has 1 fully saturated rings. The van der Waals surface area contributed by atoms with Crippen LogP contribution in [0.15, 0.2) is 83.9 Å². The first-order chi connectivity index (χ1) is 16.0. The molecule has 1 saturated heterocycles. The maximum Gasteiger partial charge on any atom is 0.296 e. The molecule has 4 aromatic rings. The minimum absolute atomic E-state index is 0.0955. The lowest BCUT2D eigenvalue weighted by Crippen LogP contribution is -2.24. The number of rotatable bonds is 6. The Bertz CT molecular complexity index is 1390. The number of hydrogen-bond acceptors (Lipinski definition) is 6. The molecule has 33 heavy (non-hydrogen) atoms. The number of anilines is 1. The molecule has 6 nitrogen and oxygen atoms in total. The Morgan fingerprint density at radius 3 is 2.61 bits per heavy atom. The van der Waals surface area contributed by atoms with Gasteiger partial charge in [0.1, 0.15) is 0 Å². The van der Waals surface area contributed by atoms with Crippen molar-refractivity contribution < 1.29 is 12.6 Å². The Kier molecular flexibility index (Phi) is 5.83. The monoisotopic (exact) mass is 459 g/mol. The molecular weight excluding hydrogens is 434 g/mol. The van der Waals surface area contributed by atoms with Crippen LogP contribution in [0.1, 0.15) is 12.0 Å². The lowest BCUT2D eigenvalue weighted by atomic mass is 10.1. The number of hydrogen-bond donors (Lipinski definition) is 0. The van der Waals surface area contributed by atoms with E-state index in [0.29, 0.717) is 12.5 Å². The van der Waals surface area contributed by atoms with Gasteiger partial charge < -0.3 is 4.90 Å². The number of benzene rings is 3. The Morgan fingerprint density at radius 1 is 1.00 bits per heavy atom. The maximum atomic E-state index is 12.5. The first kappa shape index (κ1) is 21.6. The van der Waals surface area contributed by atoms with Crippen molar-refractivity contribution in [2.24, 2.45) is 5.92 Å². The standard InChI is InChI=1S/C26H25N3O3S/c1-19-6-10-24(11-7-19)33(30,31)32-18-20-13-15-29(17-20)26-27-14-12-25(28-26)23-9-8-21-4-2-3-5-22(21)16-23/h2-12,14,16,20H,13,15,17-18H2,1H3/t20-/m0/s1. The molecule has 0 spiro atoms. The summed E-state index contributed by atoms with van der Waals surface area (Å²) >= 11 is 0. The van der Waals surface area contributed by atoms with Crippen molar-refractivity contribution in [1.82, 2.24) is 9.97 Å². The fraction of sp³-hybridized carbons (Fsp3) is 0.231. The Balaban J connectivity index is 1.26. The van der Waals surface area contributed by atoms with Crippen LogP contribution in [0, 0.1) is 12.8 Å². The van der Waals surface area contributed by atoms with E-state index in [9.17, 15) is 8.42 Å². The van der Waals surface area contributed by atoms with Crippen molar-refractivity contribution in [2.75, 3.05) is 24.6 Å². The lowest BCUT2D eigenvalue weighted by Gasteiger charge is -2.17. The van der Waals surface area contributed by atoms with Gasteiger partial charge in [-0.15, -0.1) is 0 Å². The molecule has 1 atom stereocenters. The maximum absolute atomic E-state index is 12.5. The van der Waals surface area contributed by atoms with Crippen molar-refractivity contribution in [3.63, 3.8) is 0 Å². The molecule has 5 rings (SSSR count). The van der Waals surface area contributed by atoms with E-state index in [-0.39, 0.29) is 17.4 Å². The van der Waals surface area contributed by atoms with E-state index < -0.39 is 10.1 Å². The average molecular weight is 460 g/mol. The normalized spacial score (nSPS) is 16.4. The summed E-state index contributed by atoms with van der Waals surface area (Å²) in [6.45, 7) is 3.49. The molecule has 1 aromatic heterocycles. The summed E-state index contributed by atoms with van der Waals surface area (Å²) in [5.74, 6) is 0.752. The molecule has 168 valence electrons. The molecule has 2 heterocycles. The number of aryl methyl sites for hydroxylation is 1. The molecule has 0 radical (unpaired) electrons. The van der Waals surface area contributed by atoms with Crippen LogP contribution in [0.25, 0.3) is 22.0 Å². The largest absolute Gasteiger partial charge is 0.340 e. The Labute approximate surface area is 194 Å². The molecular formula is C26H25N3O3S. The van der Waals surface area contributed by atoms with Gasteiger partial charge in [0.15, 0.2) is 0 Å². The summed E-state index contributed by atoms with van der Waals surface area (Å²) in [7, 11) is -3.76. The summed E-state index contributed by atoms with van der Waals surface area (Å²) in [5.41, 5.74) is 2.92. The second kappa shape index (κ2) is 8.92. The van der Waals surface area contributed by atoms with Gasteiger partial charge in [-0.3, -0.25) is 4.18 Å². The minimum atomic E-state index is -3.76. The minimum Gasteiger partial charge on any atom is -0.340 e. The molecule has 0 unspecified atom stereocenters. The zero-order chi connectivity index (χ0) is 22.8. The van der Waals surface area contributed by atoms with Crippen LogP contribution in [0.2, 0.25) is 0 Å². The zero-order valence-electron chi connectivity index (χ0n) is 18.4. The molecule has 0 N–H and O–H groups in total. The van der Waals surface area contributed by atoms with Crippen LogP contribution in [-0.2, 0) is 14.3 Å². The molecule has 0 saturated carbocycles. The second-order valence-corrected chi connectivity index (χ2v) is 10.1. The summed E-state index contributed by atoms with van der Waals surface area (Å²) < 4.78 is 30.3. The van der Waals surface area contributed by atoms with Crippen LogP contribution in [0.4, 0.5) is 5.95 Å². The topological polar surface area (TPSA) is 72.4 Å². The third-order valence-corrected chi connectivity index (χ3v) is 7.32. The van der Waals surface area contributed by atoms with E-state index in [1.807, 2.05) is 25.1 Å². The highest BCUT2D eigenvalue weighted by atomic mass is 32.2. The van der Waals surface area contributed by atoms with E-state index in [2.05, 4.69) is 40.2 Å². The number of aromatic nitrogens is 2.